The van der Waals surface area contributed by atoms with Crippen molar-refractivity contribution in [3.63, 3.8) is 0 Å². The maximum Gasteiger partial charge on any atom is 0.0314 e. The Morgan fingerprint density at radius 2 is 2.21 bits per heavy atom. The maximum absolute atomic E-state index is 3.35. The van der Waals surface area contributed by atoms with Crippen LogP contribution in [-0.4, -0.2) is 7.05 Å². The van der Waals surface area contributed by atoms with Gasteiger partial charge >= 0.3 is 0 Å². The van der Waals surface area contributed by atoms with Crippen molar-refractivity contribution in [2.24, 2.45) is 0 Å². The topological polar surface area (TPSA) is 12.0 Å². The van der Waals surface area contributed by atoms with E-state index in [2.05, 4.69) is 36.5 Å². The van der Waals surface area contributed by atoms with Crippen LogP contribution < -0.4 is 5.32 Å². The second kappa shape index (κ2) is 4.14. The van der Waals surface area contributed by atoms with Crippen molar-refractivity contribution in [2.75, 3.05) is 7.05 Å². The molecule has 1 atom stereocenters. The lowest BCUT2D eigenvalue weighted by Crippen LogP contribution is -2.15. The molecule has 2 rings (SSSR count). The largest absolute Gasteiger partial charge is 0.313 e. The van der Waals surface area contributed by atoms with Gasteiger partial charge in [-0.25, -0.2) is 0 Å². The van der Waals surface area contributed by atoms with E-state index < -0.39 is 0 Å². The summed E-state index contributed by atoms with van der Waals surface area (Å²) in [6, 6.07) is 9.60. The Morgan fingerprint density at radius 3 is 2.79 bits per heavy atom. The van der Waals surface area contributed by atoms with E-state index in [1.807, 2.05) is 7.05 Å². The van der Waals surface area contributed by atoms with Gasteiger partial charge in [0.05, 0.1) is 0 Å². The van der Waals surface area contributed by atoms with E-state index in [9.17, 15) is 0 Å². The minimum atomic E-state index is 0.522. The summed E-state index contributed by atoms with van der Waals surface area (Å²) < 4.78 is 0. The fraction of sp³-hybridized carbons (Fsp3) is 0.538. The van der Waals surface area contributed by atoms with Gasteiger partial charge in [-0.1, -0.05) is 31.2 Å². The molecule has 1 aromatic rings. The van der Waals surface area contributed by atoms with Crippen LogP contribution >= 0.6 is 0 Å². The molecule has 1 unspecified atom stereocenters. The molecule has 1 saturated carbocycles. The SMILES string of the molecule is CCC(NC)c1cccc(C2CC2)c1. The van der Waals surface area contributed by atoms with E-state index in [1.165, 1.54) is 24.0 Å². The van der Waals surface area contributed by atoms with E-state index in [4.69, 9.17) is 0 Å². The summed E-state index contributed by atoms with van der Waals surface area (Å²) in [4.78, 5) is 0. The first-order valence-corrected chi connectivity index (χ1v) is 5.62. The molecule has 0 heterocycles. The van der Waals surface area contributed by atoms with Gasteiger partial charge in [-0.3, -0.25) is 0 Å². The first kappa shape index (κ1) is 9.72. The van der Waals surface area contributed by atoms with Crippen molar-refractivity contribution in [1.29, 1.82) is 0 Å². The smallest absolute Gasteiger partial charge is 0.0314 e. The van der Waals surface area contributed by atoms with Gasteiger partial charge in [0.1, 0.15) is 0 Å². The van der Waals surface area contributed by atoms with E-state index in [-0.39, 0.29) is 0 Å². The summed E-state index contributed by atoms with van der Waals surface area (Å²) in [6.07, 6.45) is 3.93. The molecule has 1 nitrogen and oxygen atoms in total. The molecular formula is C13H19N. The standard InChI is InChI=1S/C13H19N/c1-3-13(14-2)12-6-4-5-11(9-12)10-7-8-10/h4-6,9-10,13-14H,3,7-8H2,1-2H3. The number of hydrogen-bond donors (Lipinski definition) is 1. The van der Waals surface area contributed by atoms with Crippen LogP contribution in [-0.2, 0) is 0 Å². The van der Waals surface area contributed by atoms with Gasteiger partial charge in [-0.15, -0.1) is 0 Å². The normalized spacial score (nSPS) is 18.1. The molecule has 1 aliphatic rings. The molecule has 0 spiro atoms. The molecule has 76 valence electrons. The Kier molecular flexibility index (Phi) is 2.87. The van der Waals surface area contributed by atoms with Crippen LogP contribution in [0.4, 0.5) is 0 Å². The van der Waals surface area contributed by atoms with Crippen LogP contribution in [0.2, 0.25) is 0 Å². The second-order valence-corrected chi connectivity index (χ2v) is 4.19. The Balaban J connectivity index is 2.19. The van der Waals surface area contributed by atoms with Gasteiger partial charge in [0.25, 0.3) is 0 Å². The molecule has 0 saturated heterocycles. The van der Waals surface area contributed by atoms with Crippen LogP contribution in [0.25, 0.3) is 0 Å². The molecular weight excluding hydrogens is 170 g/mol. The highest BCUT2D eigenvalue weighted by Crippen LogP contribution is 2.40. The molecule has 1 aromatic carbocycles. The van der Waals surface area contributed by atoms with Crippen LogP contribution in [0, 0.1) is 0 Å². The fourth-order valence-corrected chi connectivity index (χ4v) is 2.05. The predicted octanol–water partition coefficient (Wildman–Crippen LogP) is 3.23. The zero-order valence-corrected chi connectivity index (χ0v) is 9.09. The van der Waals surface area contributed by atoms with E-state index >= 15 is 0 Å². The minimum absolute atomic E-state index is 0.522. The number of benzene rings is 1. The summed E-state index contributed by atoms with van der Waals surface area (Å²) >= 11 is 0. The van der Waals surface area contributed by atoms with Crippen molar-refractivity contribution in [2.45, 2.75) is 38.1 Å². The van der Waals surface area contributed by atoms with Crippen molar-refractivity contribution in [3.8, 4) is 0 Å². The van der Waals surface area contributed by atoms with Gasteiger partial charge in [0.2, 0.25) is 0 Å². The molecule has 0 aromatic heterocycles. The molecule has 1 N–H and O–H groups in total. The summed E-state index contributed by atoms with van der Waals surface area (Å²) in [7, 11) is 2.04. The van der Waals surface area contributed by atoms with E-state index in [1.54, 1.807) is 0 Å². The number of hydrogen-bond acceptors (Lipinski definition) is 1. The molecule has 0 amide bonds. The zero-order valence-electron chi connectivity index (χ0n) is 9.09. The van der Waals surface area contributed by atoms with Crippen molar-refractivity contribution < 1.29 is 0 Å². The van der Waals surface area contributed by atoms with Gasteiger partial charge in [0.15, 0.2) is 0 Å². The summed E-state index contributed by atoms with van der Waals surface area (Å²) in [6.45, 7) is 2.23. The number of rotatable bonds is 4. The van der Waals surface area contributed by atoms with E-state index in [0.29, 0.717) is 6.04 Å². The summed E-state index contributed by atoms with van der Waals surface area (Å²) in [5, 5.41) is 3.35. The highest BCUT2D eigenvalue weighted by atomic mass is 14.9. The Hall–Kier alpha value is -0.820. The quantitative estimate of drug-likeness (QED) is 0.766. The fourth-order valence-electron chi connectivity index (χ4n) is 2.05. The zero-order chi connectivity index (χ0) is 9.97. The molecule has 14 heavy (non-hydrogen) atoms. The summed E-state index contributed by atoms with van der Waals surface area (Å²) in [5.74, 6) is 0.865. The molecule has 1 heteroatoms. The average Bonchev–Trinajstić information content (AvgIpc) is 3.03. The first-order valence-electron chi connectivity index (χ1n) is 5.62. The van der Waals surface area contributed by atoms with Crippen LogP contribution in [0.15, 0.2) is 24.3 Å². The molecule has 0 radical (unpaired) electrons. The van der Waals surface area contributed by atoms with Crippen LogP contribution in [0.1, 0.15) is 49.3 Å². The number of nitrogens with one attached hydrogen (secondary N) is 1. The minimum Gasteiger partial charge on any atom is -0.313 e. The van der Waals surface area contributed by atoms with Crippen LogP contribution in [0.3, 0.4) is 0 Å². The Morgan fingerprint density at radius 1 is 1.43 bits per heavy atom. The lowest BCUT2D eigenvalue weighted by atomic mass is 10.0. The van der Waals surface area contributed by atoms with Gasteiger partial charge in [-0.05, 0) is 43.4 Å². The van der Waals surface area contributed by atoms with Crippen molar-refractivity contribution in [1.82, 2.24) is 5.32 Å². The van der Waals surface area contributed by atoms with E-state index in [0.717, 1.165) is 12.3 Å². The Bertz CT molecular complexity index is 298. The van der Waals surface area contributed by atoms with Gasteiger partial charge in [0, 0.05) is 6.04 Å². The first-order chi connectivity index (χ1) is 6.85. The third-order valence-corrected chi connectivity index (χ3v) is 3.12. The van der Waals surface area contributed by atoms with Gasteiger partial charge in [-0.2, -0.15) is 0 Å². The highest BCUT2D eigenvalue weighted by molar-refractivity contribution is 5.30. The average molecular weight is 189 g/mol. The summed E-state index contributed by atoms with van der Waals surface area (Å²) in [5.41, 5.74) is 2.98. The molecule has 1 fully saturated rings. The third-order valence-electron chi connectivity index (χ3n) is 3.12. The Labute approximate surface area is 86.5 Å². The maximum atomic E-state index is 3.35. The lowest BCUT2D eigenvalue weighted by molar-refractivity contribution is 0.576. The monoisotopic (exact) mass is 189 g/mol. The molecule has 0 bridgehead atoms. The third kappa shape index (κ3) is 1.98. The van der Waals surface area contributed by atoms with Crippen molar-refractivity contribution >= 4 is 0 Å². The molecule has 0 aliphatic heterocycles. The van der Waals surface area contributed by atoms with Crippen molar-refractivity contribution in [3.05, 3.63) is 35.4 Å². The second-order valence-electron chi connectivity index (χ2n) is 4.19. The van der Waals surface area contributed by atoms with Gasteiger partial charge < -0.3 is 5.32 Å². The highest BCUT2D eigenvalue weighted by Gasteiger charge is 2.23. The lowest BCUT2D eigenvalue weighted by Gasteiger charge is -2.15. The molecule has 1 aliphatic carbocycles. The van der Waals surface area contributed by atoms with Crippen LogP contribution in [0.5, 0.6) is 0 Å². The predicted molar refractivity (Wildman–Crippen MR) is 60.5 cm³/mol.